The van der Waals surface area contributed by atoms with Gasteiger partial charge in [-0.15, -0.1) is 13.2 Å². The summed E-state index contributed by atoms with van der Waals surface area (Å²) < 4.78 is 142. The Bertz CT molecular complexity index is 4060. The van der Waals surface area contributed by atoms with Crippen LogP contribution in [0, 0.1) is 101 Å². The zero-order valence-electron chi connectivity index (χ0n) is 58.6. The predicted molar refractivity (Wildman–Crippen MR) is 429 cm³/mol. The van der Waals surface area contributed by atoms with Crippen LogP contribution in [0.15, 0.2) is 238 Å². The van der Waals surface area contributed by atoms with E-state index in [4.69, 9.17) is 92.8 Å². The summed E-state index contributed by atoms with van der Waals surface area (Å²) in [5, 5.41) is 3.77. The van der Waals surface area contributed by atoms with Crippen LogP contribution in [-0.4, -0.2) is 13.0 Å². The topological polar surface area (TPSA) is 18.5 Å². The van der Waals surface area contributed by atoms with Crippen LogP contribution in [-0.2, 0) is 6.18 Å². The molecule has 0 N–H and O–H groups in total. The molecule has 0 amide bonds. The maximum Gasteiger partial charge on any atom is 0.573 e. The maximum atomic E-state index is 12.6. The first kappa shape index (κ1) is 97.0. The molecule has 0 spiro atoms. The smallest absolute Gasteiger partial charge is 0.435 e. The molecule has 0 aliphatic rings. The number of aryl methyl sites for hydroxylation is 12. The fraction of sp³-hybridized carbons (Fsp3) is 0.185. The van der Waals surface area contributed by atoms with E-state index < -0.39 is 30.5 Å². The molecule has 0 saturated carbocycles. The van der Waals surface area contributed by atoms with Crippen LogP contribution in [0.5, 0.6) is 11.5 Å². The molecule has 11 aromatic rings. The van der Waals surface area contributed by atoms with E-state index in [1.165, 1.54) is 81.3 Å². The summed E-state index contributed by atoms with van der Waals surface area (Å²) in [7, 11) is 0. The number of alkyl halides is 8. The highest BCUT2D eigenvalue weighted by molar-refractivity contribution is 9.11. The van der Waals surface area contributed by atoms with Crippen LogP contribution in [0.2, 0.25) is 40.2 Å². The minimum atomic E-state index is -4.60. The van der Waals surface area contributed by atoms with E-state index in [9.17, 15) is 48.3 Å². The molecule has 0 saturated heterocycles. The van der Waals surface area contributed by atoms with Gasteiger partial charge in [0.1, 0.15) is 23.1 Å². The molecule has 0 atom stereocenters. The largest absolute Gasteiger partial charge is 0.573 e. The second-order valence-electron chi connectivity index (χ2n) is 22.5. The molecule has 0 fully saturated rings. The zero-order chi connectivity index (χ0) is 79.9. The van der Waals surface area contributed by atoms with Crippen molar-refractivity contribution < 1.29 is 57.8 Å². The van der Waals surface area contributed by atoms with Gasteiger partial charge in [0.25, 0.3) is 0 Å². The van der Waals surface area contributed by atoms with Gasteiger partial charge in [0, 0.05) is 24.0 Å². The summed E-state index contributed by atoms with van der Waals surface area (Å²) in [6.45, 7) is 20.2. The van der Waals surface area contributed by atoms with Gasteiger partial charge >= 0.3 is 19.2 Å². The van der Waals surface area contributed by atoms with Crippen molar-refractivity contribution in [2.24, 2.45) is 0 Å². The normalized spacial score (nSPS) is 10.1. The van der Waals surface area contributed by atoms with Gasteiger partial charge in [0.05, 0.1) is 35.1 Å². The number of hydrogen-bond donors (Lipinski definition) is 0. The minimum absolute atomic E-state index is 0.0741. The van der Waals surface area contributed by atoms with Gasteiger partial charge in [-0.1, -0.05) is 233 Å². The SMILES string of the molecule is Cc1cc(Cl)c(F)c(Cl)c1.Cc1cc(Cl)cc(Cl)c1.Cc1ccc(C)c(Br)c1.Cc1ccc(Cl)c(Cl)c1.Cc1ccc(F)c(Br)c1.Cc1ccc(F)c(Cl)c1.Cc1cccc(Br)c1.Cc1cccc(C(F)(F)F)c1.Cc1cccc(Cl)c1.Cc1cccc(OC(F)(F)F)c1.Cc1cccc(OC(F)F)c1. The Morgan fingerprint density at radius 3 is 1.05 bits per heavy atom. The highest BCUT2D eigenvalue weighted by Gasteiger charge is 2.31. The van der Waals surface area contributed by atoms with Crippen LogP contribution in [0.1, 0.15) is 72.3 Å². The summed E-state index contributed by atoms with van der Waals surface area (Å²) >= 11 is 54.5. The summed E-state index contributed by atoms with van der Waals surface area (Å²) in [4.78, 5) is 0. The van der Waals surface area contributed by atoms with E-state index >= 15 is 0 Å². The van der Waals surface area contributed by atoms with Gasteiger partial charge in [-0.2, -0.15) is 22.0 Å². The Kier molecular flexibility index (Phi) is 46.8. The molecule has 564 valence electrons. The molecule has 0 heterocycles. The minimum Gasteiger partial charge on any atom is -0.435 e. The van der Waals surface area contributed by atoms with E-state index in [1.54, 1.807) is 81.4 Å². The van der Waals surface area contributed by atoms with E-state index in [-0.39, 0.29) is 38.2 Å². The average molecular weight is 1810 g/mol. The molecule has 2 nitrogen and oxygen atoms in total. The quantitative estimate of drug-likeness (QED) is 0.130. The molecule has 0 unspecified atom stereocenters. The van der Waals surface area contributed by atoms with Crippen LogP contribution >= 0.6 is 141 Å². The summed E-state index contributed by atoms with van der Waals surface area (Å²) in [5.41, 5.74) is 11.9. The third kappa shape index (κ3) is 46.8. The Morgan fingerprint density at radius 2 is 0.695 bits per heavy atom. The number of benzene rings is 11. The monoisotopic (exact) mass is 1800 g/mol. The zero-order valence-corrected chi connectivity index (χ0v) is 69.4. The average Bonchev–Trinajstić information content (AvgIpc) is 0.846. The lowest BCUT2D eigenvalue weighted by Gasteiger charge is -2.08. The van der Waals surface area contributed by atoms with Crippen molar-refractivity contribution >= 4 is 141 Å². The molecule has 0 aliphatic carbocycles. The van der Waals surface area contributed by atoms with Crippen LogP contribution < -0.4 is 9.47 Å². The molecule has 11 aromatic carbocycles. The second kappa shape index (κ2) is 50.6. The predicted octanol–water partition coefficient (Wildman–Crippen LogP) is 32.7. The third-order valence-corrected chi connectivity index (χ3v) is 16.6. The number of hydrogen-bond acceptors (Lipinski definition) is 2. The molecule has 0 aromatic heterocycles. The Labute approximate surface area is 674 Å². The fourth-order valence-electron chi connectivity index (χ4n) is 7.51. The molecule has 105 heavy (non-hydrogen) atoms. The molecule has 24 heteroatoms. The number of ether oxygens (including phenoxy) is 2. The van der Waals surface area contributed by atoms with E-state index in [2.05, 4.69) is 108 Å². The van der Waals surface area contributed by atoms with Gasteiger partial charge in [0.2, 0.25) is 0 Å². The lowest BCUT2D eigenvalue weighted by molar-refractivity contribution is -0.274. The van der Waals surface area contributed by atoms with Crippen molar-refractivity contribution in [2.45, 2.75) is 102 Å². The Morgan fingerprint density at radius 1 is 0.314 bits per heavy atom. The van der Waals surface area contributed by atoms with Gasteiger partial charge < -0.3 is 9.47 Å². The lowest BCUT2D eigenvalue weighted by Crippen LogP contribution is -2.17. The maximum absolute atomic E-state index is 12.6. The van der Waals surface area contributed by atoms with Crippen molar-refractivity contribution in [3.8, 4) is 11.5 Å². The summed E-state index contributed by atoms with van der Waals surface area (Å²) in [6.07, 6.45) is -8.82. The molecular weight excluding hydrogens is 1740 g/mol. The van der Waals surface area contributed by atoms with Crippen molar-refractivity contribution in [3.63, 3.8) is 0 Å². The van der Waals surface area contributed by atoms with Gasteiger partial charge in [0.15, 0.2) is 5.82 Å². The first-order chi connectivity index (χ1) is 48.8. The van der Waals surface area contributed by atoms with Gasteiger partial charge in [-0.25, -0.2) is 13.2 Å². The van der Waals surface area contributed by atoms with Crippen LogP contribution in [0.25, 0.3) is 0 Å². The molecule has 0 radical (unpaired) electrons. The van der Waals surface area contributed by atoms with Crippen molar-refractivity contribution in [1.29, 1.82) is 0 Å². The highest BCUT2D eigenvalue weighted by atomic mass is 79.9. The van der Waals surface area contributed by atoms with Gasteiger partial charge in [-0.05, 0) is 282 Å². The second-order valence-corrected chi connectivity index (χ2v) is 28.5. The van der Waals surface area contributed by atoms with E-state index in [0.29, 0.717) is 30.1 Å². The van der Waals surface area contributed by atoms with Crippen molar-refractivity contribution in [3.05, 3.63) is 368 Å². The Hall–Kier alpha value is -5.99. The lowest BCUT2D eigenvalue weighted by atomic mass is 10.1. The first-order valence-corrected chi connectivity index (χ1v) is 36.2. The number of halogens is 22. The molecule has 0 bridgehead atoms. The van der Waals surface area contributed by atoms with Crippen molar-refractivity contribution in [2.75, 3.05) is 0 Å². The molecule has 0 aliphatic heterocycles. The fourth-order valence-corrected chi connectivity index (χ4v) is 11.1. The summed E-state index contributed by atoms with van der Waals surface area (Å²) in [5.74, 6) is -1.08. The highest BCUT2D eigenvalue weighted by Crippen LogP contribution is 2.30. The van der Waals surface area contributed by atoms with Crippen LogP contribution in [0.4, 0.5) is 48.3 Å². The van der Waals surface area contributed by atoms with E-state index in [1.807, 2.05) is 108 Å². The first-order valence-electron chi connectivity index (χ1n) is 30.8. The Balaban J connectivity index is 0.000000579. The van der Waals surface area contributed by atoms with Crippen LogP contribution in [0.3, 0.4) is 0 Å². The van der Waals surface area contributed by atoms with Crippen molar-refractivity contribution in [1.82, 2.24) is 0 Å². The standard InChI is InChI=1S/C8H9Br.C8H7F3O.C8H7F3.C8H8F2O.C7H6BrF.C7H7Br.C7H5Cl2F.2C7H6Cl2.C7H6ClF.C7H7Cl/c1-6-3-4-7(2)8(9)5-6;1-6-3-2-4-7(5-6)12-8(9,10)11;1-6-3-2-4-7(5-6)8(9,10)11;1-6-3-2-4-7(5-6)11-8(9)10;1-5-2-3-7(9)6(8)4-5;1-6-3-2-4-7(8)5-6;1-4-2-5(8)7(10)6(9)3-4;1-5-2-6(8)4-7(9)3-5;1-5-2-3-6(8)7(9)4-5;1-5-2-3-7(9)6(8)4-5;1-6-3-2-4-7(8)5-6/h3-5H,1-2H3;2-5H,1H3;2-5H,1H3;2-5,8H,1H3;2-4H,1H3;2-5H,1H3;2-3H,1H3;3*2-4H,1H3;2-5H,1H3. The molecule has 11 rings (SSSR count). The summed E-state index contributed by atoms with van der Waals surface area (Å²) in [6, 6.07) is 63.5. The third-order valence-electron chi connectivity index (χ3n) is 12.4. The number of rotatable bonds is 3. The molecular formula is C81H74Br3Cl8F11O2. The van der Waals surface area contributed by atoms with E-state index in [0.717, 1.165) is 60.6 Å². The van der Waals surface area contributed by atoms with Gasteiger partial charge in [-0.3, -0.25) is 0 Å².